The molecule has 0 amide bonds. The van der Waals surface area contributed by atoms with E-state index < -0.39 is 0 Å². The Morgan fingerprint density at radius 1 is 1.31 bits per heavy atom. The molecule has 0 aliphatic heterocycles. The van der Waals surface area contributed by atoms with Crippen LogP contribution in [0, 0.1) is 13.8 Å². The summed E-state index contributed by atoms with van der Waals surface area (Å²) in [5.41, 5.74) is 7.62. The third kappa shape index (κ3) is 2.46. The fourth-order valence-corrected chi connectivity index (χ4v) is 1.64. The van der Waals surface area contributed by atoms with Gasteiger partial charge >= 0.3 is 0 Å². The molecule has 1 atom stereocenters. The molecule has 1 rings (SSSR count). The summed E-state index contributed by atoms with van der Waals surface area (Å²) in [6, 6.07) is 4.04. The zero-order valence-electron chi connectivity index (χ0n) is 8.59. The average molecular weight is 180 g/mol. The first-order valence-electron chi connectivity index (χ1n) is 4.63. The van der Waals surface area contributed by atoms with E-state index in [-0.39, 0.29) is 0 Å². The first-order chi connectivity index (χ1) is 6.00. The number of quaternary nitrogens is 1. The third-order valence-electron chi connectivity index (χ3n) is 2.23. The maximum absolute atomic E-state index is 9.34. The van der Waals surface area contributed by atoms with E-state index in [2.05, 4.69) is 12.7 Å². The zero-order chi connectivity index (χ0) is 10.0. The number of phenolic OH excluding ortho intramolecular Hbond substituents is 1. The van der Waals surface area contributed by atoms with E-state index in [0.29, 0.717) is 11.8 Å². The highest BCUT2D eigenvalue weighted by Crippen LogP contribution is 2.21. The van der Waals surface area contributed by atoms with E-state index in [1.165, 1.54) is 5.56 Å². The summed E-state index contributed by atoms with van der Waals surface area (Å²) in [5.74, 6) is 0.357. The Bertz CT molecular complexity index is 282. The van der Waals surface area contributed by atoms with Crippen LogP contribution in [0.2, 0.25) is 0 Å². The zero-order valence-corrected chi connectivity index (χ0v) is 8.59. The van der Waals surface area contributed by atoms with E-state index >= 15 is 0 Å². The van der Waals surface area contributed by atoms with Crippen LogP contribution in [0.3, 0.4) is 0 Å². The minimum atomic E-state index is 0.357. The predicted octanol–water partition coefficient (Wildman–Crippen LogP) is 1.18. The van der Waals surface area contributed by atoms with Gasteiger partial charge in [-0.3, -0.25) is 0 Å². The average Bonchev–Trinajstić information content (AvgIpc) is 1.96. The highest BCUT2D eigenvalue weighted by atomic mass is 16.3. The summed E-state index contributed by atoms with van der Waals surface area (Å²) in [4.78, 5) is 0. The number of rotatable bonds is 2. The van der Waals surface area contributed by atoms with Crippen molar-refractivity contribution in [1.82, 2.24) is 0 Å². The van der Waals surface area contributed by atoms with Gasteiger partial charge in [-0.1, -0.05) is 0 Å². The van der Waals surface area contributed by atoms with Crippen LogP contribution in [0.5, 0.6) is 5.75 Å². The molecule has 2 heteroatoms. The summed E-state index contributed by atoms with van der Waals surface area (Å²) in [6.07, 6.45) is 0.984. The standard InChI is InChI=1S/C11H17NO/c1-7-4-10(13)5-8(2)11(7)6-9(3)12/h4-5,9,13H,6,12H2,1-3H3/p+1. The monoisotopic (exact) mass is 180 g/mol. The SMILES string of the molecule is Cc1cc(O)cc(C)c1CC(C)[NH3+]. The molecular formula is C11H18NO+. The van der Waals surface area contributed by atoms with E-state index in [4.69, 9.17) is 0 Å². The molecule has 0 bridgehead atoms. The van der Waals surface area contributed by atoms with Crippen molar-refractivity contribution in [2.45, 2.75) is 33.2 Å². The first kappa shape index (κ1) is 10.1. The van der Waals surface area contributed by atoms with Gasteiger partial charge < -0.3 is 10.8 Å². The van der Waals surface area contributed by atoms with Crippen molar-refractivity contribution in [3.05, 3.63) is 28.8 Å². The minimum Gasteiger partial charge on any atom is -0.508 e. The molecular weight excluding hydrogens is 162 g/mol. The molecule has 13 heavy (non-hydrogen) atoms. The highest BCUT2D eigenvalue weighted by molar-refractivity contribution is 5.40. The number of aromatic hydroxyl groups is 1. The van der Waals surface area contributed by atoms with Gasteiger partial charge in [0.25, 0.3) is 0 Å². The van der Waals surface area contributed by atoms with Crippen LogP contribution in [-0.2, 0) is 6.42 Å². The van der Waals surface area contributed by atoms with Crippen LogP contribution in [0.25, 0.3) is 0 Å². The van der Waals surface area contributed by atoms with E-state index in [0.717, 1.165) is 17.5 Å². The molecule has 0 fully saturated rings. The normalized spacial score (nSPS) is 12.9. The summed E-state index contributed by atoms with van der Waals surface area (Å²) >= 11 is 0. The maximum Gasteiger partial charge on any atom is 0.116 e. The van der Waals surface area contributed by atoms with Crippen LogP contribution in [0.15, 0.2) is 12.1 Å². The molecule has 0 aromatic heterocycles. The molecule has 1 aromatic carbocycles. The minimum absolute atomic E-state index is 0.357. The molecule has 72 valence electrons. The summed E-state index contributed by atoms with van der Waals surface area (Å²) in [5, 5.41) is 9.34. The van der Waals surface area contributed by atoms with Crippen LogP contribution < -0.4 is 5.73 Å². The lowest BCUT2D eigenvalue weighted by Gasteiger charge is -2.10. The van der Waals surface area contributed by atoms with Crippen molar-refractivity contribution in [3.8, 4) is 5.75 Å². The Kier molecular flexibility index (Phi) is 2.94. The van der Waals surface area contributed by atoms with Crippen molar-refractivity contribution in [1.29, 1.82) is 0 Å². The first-order valence-corrected chi connectivity index (χ1v) is 4.63. The Labute approximate surface area is 79.4 Å². The van der Waals surface area contributed by atoms with E-state index in [9.17, 15) is 5.11 Å². The van der Waals surface area contributed by atoms with Gasteiger partial charge in [-0.05, 0) is 49.6 Å². The van der Waals surface area contributed by atoms with Crippen molar-refractivity contribution in [2.75, 3.05) is 0 Å². The summed E-state index contributed by atoms with van der Waals surface area (Å²) < 4.78 is 0. The van der Waals surface area contributed by atoms with Gasteiger partial charge in [0.1, 0.15) is 5.75 Å². The number of hydrogen-bond donors (Lipinski definition) is 2. The van der Waals surface area contributed by atoms with E-state index in [1.54, 1.807) is 0 Å². The summed E-state index contributed by atoms with van der Waals surface area (Å²) in [7, 11) is 0. The topological polar surface area (TPSA) is 47.9 Å². The van der Waals surface area contributed by atoms with Gasteiger partial charge in [0.05, 0.1) is 6.04 Å². The summed E-state index contributed by atoms with van der Waals surface area (Å²) in [6.45, 7) is 6.17. The Morgan fingerprint density at radius 2 is 1.77 bits per heavy atom. The fourth-order valence-electron chi connectivity index (χ4n) is 1.64. The van der Waals surface area contributed by atoms with Gasteiger partial charge in [0, 0.05) is 6.42 Å². The molecule has 0 radical (unpaired) electrons. The Hall–Kier alpha value is -1.02. The highest BCUT2D eigenvalue weighted by Gasteiger charge is 2.08. The predicted molar refractivity (Wildman–Crippen MR) is 53.6 cm³/mol. The lowest BCUT2D eigenvalue weighted by atomic mass is 9.97. The van der Waals surface area contributed by atoms with Gasteiger partial charge in [0.2, 0.25) is 0 Å². The molecule has 0 spiro atoms. The fraction of sp³-hybridized carbons (Fsp3) is 0.455. The number of benzene rings is 1. The van der Waals surface area contributed by atoms with Crippen LogP contribution in [-0.4, -0.2) is 11.1 Å². The second-order valence-electron chi connectivity index (χ2n) is 3.87. The van der Waals surface area contributed by atoms with Crippen molar-refractivity contribution < 1.29 is 10.8 Å². The smallest absolute Gasteiger partial charge is 0.116 e. The van der Waals surface area contributed by atoms with Crippen LogP contribution >= 0.6 is 0 Å². The van der Waals surface area contributed by atoms with Crippen LogP contribution in [0.4, 0.5) is 0 Å². The van der Waals surface area contributed by atoms with Gasteiger partial charge in [0.15, 0.2) is 0 Å². The van der Waals surface area contributed by atoms with Gasteiger partial charge in [-0.25, -0.2) is 0 Å². The van der Waals surface area contributed by atoms with Gasteiger partial charge in [-0.15, -0.1) is 0 Å². The number of phenols is 1. The van der Waals surface area contributed by atoms with Crippen LogP contribution in [0.1, 0.15) is 23.6 Å². The molecule has 0 saturated heterocycles. The van der Waals surface area contributed by atoms with Crippen molar-refractivity contribution in [2.24, 2.45) is 0 Å². The molecule has 1 unspecified atom stereocenters. The Morgan fingerprint density at radius 3 is 2.15 bits per heavy atom. The second-order valence-corrected chi connectivity index (χ2v) is 3.87. The molecule has 0 aliphatic rings. The lowest BCUT2D eigenvalue weighted by molar-refractivity contribution is -0.413. The quantitative estimate of drug-likeness (QED) is 0.705. The third-order valence-corrected chi connectivity index (χ3v) is 2.23. The second kappa shape index (κ2) is 3.79. The maximum atomic E-state index is 9.34. The van der Waals surface area contributed by atoms with Crippen molar-refractivity contribution in [3.63, 3.8) is 0 Å². The number of hydrogen-bond acceptors (Lipinski definition) is 1. The van der Waals surface area contributed by atoms with Gasteiger partial charge in [-0.2, -0.15) is 0 Å². The molecule has 0 saturated carbocycles. The van der Waals surface area contributed by atoms with E-state index in [1.807, 2.05) is 26.0 Å². The molecule has 0 aliphatic carbocycles. The molecule has 1 aromatic rings. The lowest BCUT2D eigenvalue weighted by Crippen LogP contribution is -2.60. The Balaban J connectivity index is 3.06. The number of aryl methyl sites for hydroxylation is 2. The largest absolute Gasteiger partial charge is 0.508 e. The molecule has 0 heterocycles. The molecule has 4 N–H and O–H groups in total. The van der Waals surface area contributed by atoms with Crippen molar-refractivity contribution >= 4 is 0 Å². The molecule has 2 nitrogen and oxygen atoms in total.